The maximum atomic E-state index is 12.7. The Labute approximate surface area is 140 Å². The van der Waals surface area contributed by atoms with Crippen LogP contribution in [-0.2, 0) is 4.74 Å². The average Bonchev–Trinajstić information content (AvgIpc) is 2.93. The molecule has 0 radical (unpaired) electrons. The molecular weight excluding hydrogens is 393 g/mol. The van der Waals surface area contributed by atoms with E-state index in [-0.39, 0.29) is 5.91 Å². The van der Waals surface area contributed by atoms with Crippen molar-refractivity contribution in [1.29, 1.82) is 0 Å². The molecular formula is C17H12INO3. The molecule has 0 unspecified atom stereocenters. The lowest BCUT2D eigenvalue weighted by Crippen LogP contribution is -2.11. The number of benzene rings is 2. The number of carbonyl (C=O) groups excluding carboxylic acids is 2. The molecule has 0 saturated heterocycles. The van der Waals surface area contributed by atoms with Crippen molar-refractivity contribution in [3.05, 3.63) is 69.4 Å². The first-order chi connectivity index (χ1) is 10.6. The summed E-state index contributed by atoms with van der Waals surface area (Å²) in [6.45, 7) is 0. The lowest BCUT2D eigenvalue weighted by Gasteiger charge is -2.04. The number of halogens is 1. The number of para-hydroxylation sites is 1. The molecule has 0 fully saturated rings. The summed E-state index contributed by atoms with van der Waals surface area (Å²) in [5, 5.41) is 0.702. The summed E-state index contributed by atoms with van der Waals surface area (Å²) >= 11 is 2.16. The summed E-state index contributed by atoms with van der Waals surface area (Å²) in [5.74, 6) is -0.629. The van der Waals surface area contributed by atoms with Gasteiger partial charge < -0.3 is 4.74 Å². The molecule has 0 bridgehead atoms. The SMILES string of the molecule is COC(=O)c1cn(C(=O)c2cccc(I)c2)c2ccccc12. The number of esters is 1. The van der Waals surface area contributed by atoms with Crippen LogP contribution in [0.25, 0.3) is 10.9 Å². The van der Waals surface area contributed by atoms with Gasteiger partial charge in [0.15, 0.2) is 0 Å². The first kappa shape index (κ1) is 14.8. The molecule has 0 aliphatic rings. The summed E-state index contributed by atoms with van der Waals surface area (Å²) in [7, 11) is 1.33. The molecule has 3 aromatic rings. The van der Waals surface area contributed by atoms with E-state index in [0.717, 1.165) is 3.57 Å². The first-order valence-electron chi connectivity index (χ1n) is 6.60. The van der Waals surface area contributed by atoms with E-state index < -0.39 is 5.97 Å². The highest BCUT2D eigenvalue weighted by Gasteiger charge is 2.19. The van der Waals surface area contributed by atoms with Gasteiger partial charge in [-0.3, -0.25) is 9.36 Å². The van der Waals surface area contributed by atoms with Crippen LogP contribution in [0.15, 0.2) is 54.7 Å². The van der Waals surface area contributed by atoms with Crippen molar-refractivity contribution in [3.63, 3.8) is 0 Å². The molecule has 3 rings (SSSR count). The van der Waals surface area contributed by atoms with Gasteiger partial charge in [0.2, 0.25) is 0 Å². The summed E-state index contributed by atoms with van der Waals surface area (Å²) in [6, 6.07) is 14.6. The fraction of sp³-hybridized carbons (Fsp3) is 0.0588. The molecule has 1 aromatic heterocycles. The van der Waals surface area contributed by atoms with Crippen LogP contribution in [0.2, 0.25) is 0 Å². The Hall–Kier alpha value is -2.15. The third-order valence-corrected chi connectivity index (χ3v) is 4.08. The minimum absolute atomic E-state index is 0.176. The van der Waals surface area contributed by atoms with E-state index in [1.807, 2.05) is 36.4 Å². The van der Waals surface area contributed by atoms with Gasteiger partial charge in [0, 0.05) is 20.7 Å². The number of carbonyl (C=O) groups is 2. The van der Waals surface area contributed by atoms with Crippen LogP contribution in [0.4, 0.5) is 0 Å². The first-order valence-corrected chi connectivity index (χ1v) is 7.68. The Morgan fingerprint density at radius 2 is 1.86 bits per heavy atom. The van der Waals surface area contributed by atoms with E-state index in [4.69, 9.17) is 4.74 Å². The molecule has 110 valence electrons. The highest BCUT2D eigenvalue weighted by molar-refractivity contribution is 14.1. The number of hydrogen-bond donors (Lipinski definition) is 0. The monoisotopic (exact) mass is 405 g/mol. The molecule has 0 amide bonds. The standard InChI is InChI=1S/C17H12INO3/c1-22-17(21)14-10-19(15-8-3-2-7-13(14)15)16(20)11-5-4-6-12(18)9-11/h2-10H,1H3. The zero-order valence-corrected chi connectivity index (χ0v) is 13.9. The second-order valence-electron chi connectivity index (χ2n) is 4.74. The number of ether oxygens (including phenoxy) is 1. The van der Waals surface area contributed by atoms with E-state index in [1.165, 1.54) is 11.7 Å². The van der Waals surface area contributed by atoms with Crippen molar-refractivity contribution in [2.75, 3.05) is 7.11 Å². The van der Waals surface area contributed by atoms with Gasteiger partial charge in [-0.1, -0.05) is 24.3 Å². The molecule has 1 heterocycles. The Morgan fingerprint density at radius 3 is 2.59 bits per heavy atom. The van der Waals surface area contributed by atoms with E-state index in [9.17, 15) is 9.59 Å². The Morgan fingerprint density at radius 1 is 1.09 bits per heavy atom. The number of fused-ring (bicyclic) bond motifs is 1. The normalized spacial score (nSPS) is 10.6. The van der Waals surface area contributed by atoms with Crippen molar-refractivity contribution in [2.24, 2.45) is 0 Å². The molecule has 5 heteroatoms. The third kappa shape index (κ3) is 2.52. The van der Waals surface area contributed by atoms with Gasteiger partial charge in [0.25, 0.3) is 5.91 Å². The van der Waals surface area contributed by atoms with Crippen LogP contribution in [-0.4, -0.2) is 23.6 Å². The minimum atomic E-state index is -0.453. The third-order valence-electron chi connectivity index (χ3n) is 3.41. The van der Waals surface area contributed by atoms with Gasteiger partial charge in [-0.05, 0) is 46.9 Å². The summed E-state index contributed by atoms with van der Waals surface area (Å²) in [5.41, 5.74) is 1.65. The van der Waals surface area contributed by atoms with Crippen LogP contribution in [0.1, 0.15) is 20.7 Å². The van der Waals surface area contributed by atoms with Gasteiger partial charge >= 0.3 is 5.97 Å². The van der Waals surface area contributed by atoms with E-state index in [2.05, 4.69) is 22.6 Å². The summed E-state index contributed by atoms with van der Waals surface area (Å²) in [6.07, 6.45) is 1.54. The fourth-order valence-electron chi connectivity index (χ4n) is 2.38. The van der Waals surface area contributed by atoms with Crippen molar-refractivity contribution < 1.29 is 14.3 Å². The van der Waals surface area contributed by atoms with Crippen molar-refractivity contribution in [1.82, 2.24) is 4.57 Å². The van der Waals surface area contributed by atoms with Crippen LogP contribution in [0, 0.1) is 3.57 Å². The second kappa shape index (κ2) is 5.92. The Balaban J connectivity index is 2.19. The fourth-order valence-corrected chi connectivity index (χ4v) is 2.92. The zero-order chi connectivity index (χ0) is 15.7. The largest absolute Gasteiger partial charge is 0.465 e. The number of hydrogen-bond acceptors (Lipinski definition) is 3. The molecule has 0 aliphatic heterocycles. The zero-order valence-electron chi connectivity index (χ0n) is 11.7. The minimum Gasteiger partial charge on any atom is -0.465 e. The molecule has 2 aromatic carbocycles. The Kier molecular flexibility index (Phi) is 3.98. The van der Waals surface area contributed by atoms with Gasteiger partial charge in [0.05, 0.1) is 18.2 Å². The van der Waals surface area contributed by atoms with Crippen molar-refractivity contribution in [3.8, 4) is 0 Å². The Bertz CT molecular complexity index is 882. The summed E-state index contributed by atoms with van der Waals surface area (Å²) < 4.78 is 7.27. The van der Waals surface area contributed by atoms with E-state index >= 15 is 0 Å². The predicted octanol–water partition coefficient (Wildman–Crippen LogP) is 3.72. The van der Waals surface area contributed by atoms with Crippen molar-refractivity contribution in [2.45, 2.75) is 0 Å². The van der Waals surface area contributed by atoms with Crippen LogP contribution in [0.5, 0.6) is 0 Å². The average molecular weight is 405 g/mol. The molecule has 0 atom stereocenters. The summed E-state index contributed by atoms with van der Waals surface area (Å²) in [4.78, 5) is 24.7. The highest BCUT2D eigenvalue weighted by Crippen LogP contribution is 2.23. The van der Waals surface area contributed by atoms with Crippen LogP contribution >= 0.6 is 22.6 Å². The van der Waals surface area contributed by atoms with Crippen molar-refractivity contribution >= 4 is 45.4 Å². The highest BCUT2D eigenvalue weighted by atomic mass is 127. The van der Waals surface area contributed by atoms with Gasteiger partial charge in [-0.2, -0.15) is 0 Å². The molecule has 0 aliphatic carbocycles. The van der Waals surface area contributed by atoms with Gasteiger partial charge in [-0.25, -0.2) is 4.79 Å². The predicted molar refractivity (Wildman–Crippen MR) is 92.2 cm³/mol. The lowest BCUT2D eigenvalue weighted by atomic mass is 10.2. The maximum Gasteiger partial charge on any atom is 0.340 e. The molecule has 22 heavy (non-hydrogen) atoms. The molecule has 0 saturated carbocycles. The molecule has 0 N–H and O–H groups in total. The maximum absolute atomic E-state index is 12.7. The second-order valence-corrected chi connectivity index (χ2v) is 5.98. The number of rotatable bonds is 2. The molecule has 4 nitrogen and oxygen atoms in total. The van der Waals surface area contributed by atoms with Gasteiger partial charge in [0.1, 0.15) is 0 Å². The van der Waals surface area contributed by atoms with E-state index in [1.54, 1.807) is 18.3 Å². The van der Waals surface area contributed by atoms with Crippen LogP contribution in [0.3, 0.4) is 0 Å². The number of methoxy groups -OCH3 is 1. The quantitative estimate of drug-likeness (QED) is 0.483. The van der Waals surface area contributed by atoms with E-state index in [0.29, 0.717) is 22.0 Å². The molecule has 0 spiro atoms. The van der Waals surface area contributed by atoms with Gasteiger partial charge in [-0.15, -0.1) is 0 Å². The lowest BCUT2D eigenvalue weighted by molar-refractivity contribution is 0.0603. The number of aromatic nitrogens is 1. The van der Waals surface area contributed by atoms with Crippen LogP contribution < -0.4 is 0 Å². The topological polar surface area (TPSA) is 48.3 Å². The smallest absolute Gasteiger partial charge is 0.340 e. The number of nitrogens with zero attached hydrogens (tertiary/aromatic N) is 1.